The topological polar surface area (TPSA) is 74.8 Å². The van der Waals surface area contributed by atoms with Crippen LogP contribution in [0.2, 0.25) is 0 Å². The quantitative estimate of drug-likeness (QED) is 0.895. The van der Waals surface area contributed by atoms with Crippen LogP contribution in [-0.2, 0) is 16.6 Å². The molecule has 8 heteroatoms. The Morgan fingerprint density at radius 3 is 2.83 bits per heavy atom. The monoisotopic (exact) mass is 333 g/mol. The Morgan fingerprint density at radius 1 is 1.44 bits per heavy atom. The van der Waals surface area contributed by atoms with Crippen molar-refractivity contribution in [1.82, 2.24) is 14.9 Å². The normalized spacial score (nSPS) is 11.7. The van der Waals surface area contributed by atoms with Crippen molar-refractivity contribution in [3.05, 3.63) is 46.4 Å². The Bertz CT molecular complexity index is 643. The van der Waals surface area contributed by atoms with Gasteiger partial charge in [0.05, 0.1) is 11.1 Å². The highest BCUT2D eigenvalue weighted by Crippen LogP contribution is 2.22. The van der Waals surface area contributed by atoms with E-state index in [0.29, 0.717) is 5.56 Å². The summed E-state index contributed by atoms with van der Waals surface area (Å²) in [7, 11) is -3.69. The van der Waals surface area contributed by atoms with Crippen molar-refractivity contribution in [2.75, 3.05) is 0 Å². The molecule has 0 saturated carbocycles. The van der Waals surface area contributed by atoms with Crippen molar-refractivity contribution >= 4 is 26.0 Å². The van der Waals surface area contributed by atoms with Gasteiger partial charge in [0.15, 0.2) is 0 Å². The van der Waals surface area contributed by atoms with Gasteiger partial charge < -0.3 is 0 Å². The first-order valence-electron chi connectivity index (χ1n) is 4.91. The zero-order valence-electron chi connectivity index (χ0n) is 9.02. The average molecular weight is 334 g/mol. The number of aromatic amines is 1. The van der Waals surface area contributed by atoms with Gasteiger partial charge in [-0.15, -0.1) is 0 Å². The second kappa shape index (κ2) is 5.17. The van der Waals surface area contributed by atoms with E-state index in [1.807, 2.05) is 0 Å². The molecule has 5 nitrogen and oxygen atoms in total. The van der Waals surface area contributed by atoms with E-state index in [4.69, 9.17) is 0 Å². The molecule has 96 valence electrons. The molecule has 0 fully saturated rings. The van der Waals surface area contributed by atoms with Gasteiger partial charge in [0, 0.05) is 22.8 Å². The first kappa shape index (κ1) is 13.2. The summed E-state index contributed by atoms with van der Waals surface area (Å²) in [4.78, 5) is -0.00704. The van der Waals surface area contributed by atoms with E-state index in [2.05, 4.69) is 30.8 Å². The Labute approximate surface area is 112 Å². The van der Waals surface area contributed by atoms with Crippen LogP contribution < -0.4 is 4.72 Å². The number of nitrogens with zero attached hydrogens (tertiary/aromatic N) is 1. The molecular formula is C10H9BrFN3O2S. The molecular weight excluding hydrogens is 325 g/mol. The predicted molar refractivity (Wildman–Crippen MR) is 66.7 cm³/mol. The number of H-pyrrole nitrogens is 1. The number of nitrogens with one attached hydrogen (secondary N) is 2. The molecule has 0 bridgehead atoms. The molecule has 2 N–H and O–H groups in total. The minimum Gasteiger partial charge on any atom is -0.285 e. The molecule has 18 heavy (non-hydrogen) atoms. The van der Waals surface area contributed by atoms with Crippen LogP contribution in [0.4, 0.5) is 4.39 Å². The van der Waals surface area contributed by atoms with Crippen molar-refractivity contribution < 1.29 is 12.8 Å². The molecule has 0 aliphatic heterocycles. The fourth-order valence-electron chi connectivity index (χ4n) is 1.32. The summed E-state index contributed by atoms with van der Waals surface area (Å²) in [5, 5.41) is 6.29. The van der Waals surface area contributed by atoms with Gasteiger partial charge in [-0.25, -0.2) is 17.5 Å². The number of rotatable bonds is 4. The maximum Gasteiger partial charge on any atom is 0.241 e. The van der Waals surface area contributed by atoms with Crippen LogP contribution in [0.25, 0.3) is 0 Å². The number of halogens is 2. The highest BCUT2D eigenvalue weighted by Gasteiger charge is 2.17. The van der Waals surface area contributed by atoms with Crippen LogP contribution in [0.3, 0.4) is 0 Å². The van der Waals surface area contributed by atoms with E-state index < -0.39 is 15.8 Å². The third-order valence-electron chi connectivity index (χ3n) is 2.20. The van der Waals surface area contributed by atoms with Crippen LogP contribution in [0, 0.1) is 5.82 Å². The van der Waals surface area contributed by atoms with Gasteiger partial charge in [-0.2, -0.15) is 5.10 Å². The van der Waals surface area contributed by atoms with Gasteiger partial charge in [-0.3, -0.25) is 5.10 Å². The predicted octanol–water partition coefficient (Wildman–Crippen LogP) is 1.79. The highest BCUT2D eigenvalue weighted by molar-refractivity contribution is 9.10. The molecule has 0 spiro atoms. The van der Waals surface area contributed by atoms with Gasteiger partial charge in [-0.05, 0) is 34.1 Å². The van der Waals surface area contributed by atoms with Crippen molar-refractivity contribution in [2.24, 2.45) is 0 Å². The van der Waals surface area contributed by atoms with E-state index in [1.54, 1.807) is 6.20 Å². The summed E-state index contributed by atoms with van der Waals surface area (Å²) in [6, 6.07) is 3.40. The van der Waals surface area contributed by atoms with Gasteiger partial charge >= 0.3 is 0 Å². The number of hydrogen-bond donors (Lipinski definition) is 2. The summed E-state index contributed by atoms with van der Waals surface area (Å²) < 4.78 is 39.4. The fraction of sp³-hybridized carbons (Fsp3) is 0.100. The maximum atomic E-state index is 12.9. The fourth-order valence-corrected chi connectivity index (χ4v) is 3.39. The molecule has 0 radical (unpaired) electrons. The van der Waals surface area contributed by atoms with Gasteiger partial charge in [0.1, 0.15) is 5.82 Å². The zero-order chi connectivity index (χ0) is 13.2. The lowest BCUT2D eigenvalue weighted by Gasteiger charge is -2.07. The van der Waals surface area contributed by atoms with Crippen LogP contribution in [0.15, 0.2) is 40.0 Å². The molecule has 0 saturated heterocycles. The first-order chi connectivity index (χ1) is 8.49. The van der Waals surface area contributed by atoms with E-state index in [-0.39, 0.29) is 15.9 Å². The Hall–Kier alpha value is -1.25. The molecule has 0 aliphatic carbocycles. The summed E-state index contributed by atoms with van der Waals surface area (Å²) in [5.74, 6) is -0.504. The molecule has 1 aromatic heterocycles. The van der Waals surface area contributed by atoms with Gasteiger partial charge in [0.2, 0.25) is 10.0 Å². The summed E-state index contributed by atoms with van der Waals surface area (Å²) in [6.07, 6.45) is 3.10. The highest BCUT2D eigenvalue weighted by atomic mass is 79.9. The van der Waals surface area contributed by atoms with E-state index in [0.717, 1.165) is 12.1 Å². The smallest absolute Gasteiger partial charge is 0.241 e. The lowest BCUT2D eigenvalue weighted by atomic mass is 10.3. The SMILES string of the molecule is O=S(=O)(NCc1cn[nH]c1)c1ccc(F)cc1Br. The minimum absolute atomic E-state index is 0.00704. The second-order valence-electron chi connectivity index (χ2n) is 3.51. The lowest BCUT2D eigenvalue weighted by Crippen LogP contribution is -2.23. The summed E-state index contributed by atoms with van der Waals surface area (Å²) in [6.45, 7) is 0.114. The minimum atomic E-state index is -3.69. The third kappa shape index (κ3) is 2.95. The van der Waals surface area contributed by atoms with Crippen LogP contribution in [0.1, 0.15) is 5.56 Å². The van der Waals surface area contributed by atoms with Crippen molar-refractivity contribution in [3.8, 4) is 0 Å². The first-order valence-corrected chi connectivity index (χ1v) is 7.19. The number of sulfonamides is 1. The molecule has 0 amide bonds. The lowest BCUT2D eigenvalue weighted by molar-refractivity contribution is 0.579. The molecule has 1 aromatic carbocycles. The summed E-state index contributed by atoms with van der Waals surface area (Å²) >= 11 is 3.02. The number of benzene rings is 1. The van der Waals surface area contributed by atoms with Gasteiger partial charge in [0.25, 0.3) is 0 Å². The van der Waals surface area contributed by atoms with Crippen LogP contribution in [0.5, 0.6) is 0 Å². The molecule has 2 aromatic rings. The maximum absolute atomic E-state index is 12.9. The second-order valence-corrected chi connectivity index (χ2v) is 6.10. The van der Waals surface area contributed by atoms with E-state index in [1.165, 1.54) is 12.3 Å². The zero-order valence-corrected chi connectivity index (χ0v) is 11.4. The number of aromatic nitrogens is 2. The largest absolute Gasteiger partial charge is 0.285 e. The van der Waals surface area contributed by atoms with E-state index >= 15 is 0 Å². The Kier molecular flexibility index (Phi) is 3.79. The Balaban J connectivity index is 2.20. The average Bonchev–Trinajstić information content (AvgIpc) is 2.78. The number of hydrogen-bond acceptors (Lipinski definition) is 3. The van der Waals surface area contributed by atoms with Crippen molar-refractivity contribution in [2.45, 2.75) is 11.4 Å². The molecule has 0 atom stereocenters. The third-order valence-corrected chi connectivity index (χ3v) is 4.58. The molecule has 2 rings (SSSR count). The van der Waals surface area contributed by atoms with Crippen LogP contribution >= 0.6 is 15.9 Å². The standard InChI is InChI=1S/C10H9BrFN3O2S/c11-9-3-8(12)1-2-10(9)18(16,17)15-6-7-4-13-14-5-7/h1-5,15H,6H2,(H,13,14). The van der Waals surface area contributed by atoms with Crippen molar-refractivity contribution in [1.29, 1.82) is 0 Å². The molecule has 1 heterocycles. The van der Waals surface area contributed by atoms with Gasteiger partial charge in [-0.1, -0.05) is 0 Å². The summed E-state index contributed by atoms with van der Waals surface area (Å²) in [5.41, 5.74) is 0.705. The van der Waals surface area contributed by atoms with E-state index in [9.17, 15) is 12.8 Å². The molecule has 0 unspecified atom stereocenters. The molecule has 0 aliphatic rings. The Morgan fingerprint density at radius 2 is 2.22 bits per heavy atom. The van der Waals surface area contributed by atoms with Crippen molar-refractivity contribution in [3.63, 3.8) is 0 Å². The van der Waals surface area contributed by atoms with Crippen LogP contribution in [-0.4, -0.2) is 18.6 Å².